The first-order valence-electron chi connectivity index (χ1n) is 10.9. The lowest BCUT2D eigenvalue weighted by Crippen LogP contribution is -2.23. The second kappa shape index (κ2) is 10.6. The summed E-state index contributed by atoms with van der Waals surface area (Å²) in [5.41, 5.74) is 2.82. The third kappa shape index (κ3) is 5.52. The fourth-order valence-corrected chi connectivity index (χ4v) is 3.40. The number of carbonyl (C=O) groups is 2. The Morgan fingerprint density at radius 3 is 2.63 bits per heavy atom. The summed E-state index contributed by atoms with van der Waals surface area (Å²) in [6.45, 7) is 3.97. The summed E-state index contributed by atoms with van der Waals surface area (Å²) in [4.78, 5) is 28.9. The van der Waals surface area contributed by atoms with Gasteiger partial charge < -0.3 is 14.8 Å². The Kier molecular flexibility index (Phi) is 7.15. The van der Waals surface area contributed by atoms with Gasteiger partial charge in [-0.25, -0.2) is 18.9 Å². The number of halogens is 1. The predicted octanol–water partition coefficient (Wildman–Crippen LogP) is 4.61. The molecular formula is C26H23FN4O4. The molecule has 0 spiro atoms. The van der Waals surface area contributed by atoms with Crippen molar-refractivity contribution in [2.75, 3.05) is 6.61 Å². The minimum atomic E-state index is -0.427. The molecule has 35 heavy (non-hydrogen) atoms. The van der Waals surface area contributed by atoms with Gasteiger partial charge in [-0.2, -0.15) is 5.10 Å². The Morgan fingerprint density at radius 1 is 1.09 bits per heavy atom. The predicted molar refractivity (Wildman–Crippen MR) is 126 cm³/mol. The number of pyridine rings is 1. The Balaban J connectivity index is 1.43. The Labute approximate surface area is 201 Å². The van der Waals surface area contributed by atoms with Crippen molar-refractivity contribution < 1.29 is 23.5 Å². The molecule has 1 amide bonds. The number of esters is 1. The van der Waals surface area contributed by atoms with Gasteiger partial charge in [0.25, 0.3) is 5.91 Å². The van der Waals surface area contributed by atoms with E-state index in [4.69, 9.17) is 9.47 Å². The number of hydrogen-bond donors (Lipinski definition) is 1. The van der Waals surface area contributed by atoms with Gasteiger partial charge in [0, 0.05) is 29.9 Å². The summed E-state index contributed by atoms with van der Waals surface area (Å²) < 4.78 is 25.8. The number of aromatic nitrogens is 3. The van der Waals surface area contributed by atoms with Crippen molar-refractivity contribution in [3.63, 3.8) is 0 Å². The standard InChI is InChI=1S/C26H23FN4O4/c1-3-34-26(33)23-16-30-31(17(23)2)21-11-9-18(10-12-21)24(32)29-15-19-6-5-13-28-25(19)35-22-8-4-7-20(27)14-22/h4-14,16H,3,15H2,1-2H3,(H,29,32). The third-order valence-electron chi connectivity index (χ3n) is 5.18. The topological polar surface area (TPSA) is 95.3 Å². The molecule has 9 heteroatoms. The van der Waals surface area contributed by atoms with Crippen LogP contribution in [0.3, 0.4) is 0 Å². The van der Waals surface area contributed by atoms with Gasteiger partial charge in [0.2, 0.25) is 5.88 Å². The molecule has 2 aromatic heterocycles. The zero-order valence-corrected chi connectivity index (χ0v) is 19.2. The molecule has 2 aromatic carbocycles. The molecule has 0 aliphatic heterocycles. The normalized spacial score (nSPS) is 10.6. The first-order valence-corrected chi connectivity index (χ1v) is 10.9. The second-order valence-electron chi connectivity index (χ2n) is 7.53. The van der Waals surface area contributed by atoms with E-state index < -0.39 is 11.8 Å². The van der Waals surface area contributed by atoms with Crippen LogP contribution in [0.15, 0.2) is 73.1 Å². The highest BCUT2D eigenvalue weighted by atomic mass is 19.1. The number of ether oxygens (including phenoxy) is 2. The number of hydrogen-bond acceptors (Lipinski definition) is 6. The molecule has 1 N–H and O–H groups in total. The van der Waals surface area contributed by atoms with Crippen LogP contribution >= 0.6 is 0 Å². The molecule has 0 saturated carbocycles. The van der Waals surface area contributed by atoms with E-state index in [1.165, 1.54) is 18.3 Å². The van der Waals surface area contributed by atoms with Gasteiger partial charge in [-0.05, 0) is 56.3 Å². The van der Waals surface area contributed by atoms with E-state index in [0.717, 1.165) is 0 Å². The second-order valence-corrected chi connectivity index (χ2v) is 7.53. The van der Waals surface area contributed by atoms with E-state index in [1.807, 2.05) is 0 Å². The molecule has 2 heterocycles. The van der Waals surface area contributed by atoms with E-state index >= 15 is 0 Å². The van der Waals surface area contributed by atoms with Gasteiger partial charge in [-0.3, -0.25) is 4.79 Å². The van der Waals surface area contributed by atoms with Crippen LogP contribution in [0.4, 0.5) is 4.39 Å². The van der Waals surface area contributed by atoms with Crippen molar-refractivity contribution >= 4 is 11.9 Å². The van der Waals surface area contributed by atoms with Gasteiger partial charge in [-0.15, -0.1) is 0 Å². The zero-order chi connectivity index (χ0) is 24.8. The maximum atomic E-state index is 13.5. The van der Waals surface area contributed by atoms with Gasteiger partial charge in [0.1, 0.15) is 17.1 Å². The summed E-state index contributed by atoms with van der Waals surface area (Å²) in [6, 6.07) is 16.1. The third-order valence-corrected chi connectivity index (χ3v) is 5.18. The van der Waals surface area contributed by atoms with E-state index in [-0.39, 0.29) is 24.9 Å². The SMILES string of the molecule is CCOC(=O)c1cnn(-c2ccc(C(=O)NCc3cccnc3Oc3cccc(F)c3)cc2)c1C. The van der Waals surface area contributed by atoms with Crippen molar-refractivity contribution in [3.8, 4) is 17.3 Å². The van der Waals surface area contributed by atoms with Gasteiger partial charge in [-0.1, -0.05) is 12.1 Å². The lowest BCUT2D eigenvalue weighted by molar-refractivity contribution is 0.0525. The number of rotatable bonds is 8. The number of nitrogens with zero attached hydrogens (tertiary/aromatic N) is 3. The lowest BCUT2D eigenvalue weighted by Gasteiger charge is -2.11. The fourth-order valence-electron chi connectivity index (χ4n) is 3.40. The minimum Gasteiger partial charge on any atom is -0.462 e. The van der Waals surface area contributed by atoms with Crippen molar-refractivity contribution in [1.82, 2.24) is 20.1 Å². The van der Waals surface area contributed by atoms with E-state index in [0.29, 0.717) is 33.8 Å². The zero-order valence-electron chi connectivity index (χ0n) is 19.2. The molecule has 0 unspecified atom stereocenters. The van der Waals surface area contributed by atoms with Crippen LogP contribution in [0.2, 0.25) is 0 Å². The van der Waals surface area contributed by atoms with Crippen molar-refractivity contribution in [2.45, 2.75) is 20.4 Å². The molecule has 0 fully saturated rings. The van der Waals surface area contributed by atoms with Crippen molar-refractivity contribution in [1.29, 1.82) is 0 Å². The fraction of sp³-hybridized carbons (Fsp3) is 0.154. The summed E-state index contributed by atoms with van der Waals surface area (Å²) in [5.74, 6) is -0.545. The first kappa shape index (κ1) is 23.6. The first-order chi connectivity index (χ1) is 17.0. The summed E-state index contributed by atoms with van der Waals surface area (Å²) >= 11 is 0. The highest BCUT2D eigenvalue weighted by Crippen LogP contribution is 2.23. The smallest absolute Gasteiger partial charge is 0.341 e. The lowest BCUT2D eigenvalue weighted by atomic mass is 10.1. The largest absolute Gasteiger partial charge is 0.462 e. The molecule has 8 nitrogen and oxygen atoms in total. The number of carbonyl (C=O) groups excluding carboxylic acids is 2. The summed E-state index contributed by atoms with van der Waals surface area (Å²) in [6.07, 6.45) is 3.02. The van der Waals surface area contributed by atoms with Crippen LogP contribution in [0.5, 0.6) is 11.6 Å². The Bertz CT molecular complexity index is 1350. The molecule has 0 bridgehead atoms. The number of benzene rings is 2. The molecule has 0 aliphatic rings. The quantitative estimate of drug-likeness (QED) is 0.375. The molecule has 4 rings (SSSR count). The average molecular weight is 474 g/mol. The van der Waals surface area contributed by atoms with Crippen LogP contribution in [-0.4, -0.2) is 33.2 Å². The van der Waals surface area contributed by atoms with Gasteiger partial charge >= 0.3 is 5.97 Å². The highest BCUT2D eigenvalue weighted by molar-refractivity contribution is 5.94. The van der Waals surface area contributed by atoms with Crippen LogP contribution in [-0.2, 0) is 11.3 Å². The van der Waals surface area contributed by atoms with Crippen molar-refractivity contribution in [2.24, 2.45) is 0 Å². The van der Waals surface area contributed by atoms with Gasteiger partial charge in [0.15, 0.2) is 0 Å². The highest BCUT2D eigenvalue weighted by Gasteiger charge is 2.16. The number of amides is 1. The van der Waals surface area contributed by atoms with Crippen LogP contribution < -0.4 is 10.1 Å². The van der Waals surface area contributed by atoms with E-state index in [9.17, 15) is 14.0 Å². The molecule has 0 saturated heterocycles. The van der Waals surface area contributed by atoms with Crippen LogP contribution in [0.25, 0.3) is 5.69 Å². The van der Waals surface area contributed by atoms with Gasteiger partial charge in [0.05, 0.1) is 24.2 Å². The summed E-state index contributed by atoms with van der Waals surface area (Å²) in [5, 5.41) is 7.10. The average Bonchev–Trinajstić information content (AvgIpc) is 3.25. The van der Waals surface area contributed by atoms with Crippen LogP contribution in [0.1, 0.15) is 38.9 Å². The molecule has 178 valence electrons. The Morgan fingerprint density at radius 2 is 1.89 bits per heavy atom. The van der Waals surface area contributed by atoms with E-state index in [1.54, 1.807) is 73.3 Å². The molecule has 4 aromatic rings. The Hall–Kier alpha value is -4.53. The molecule has 0 atom stereocenters. The molecule has 0 aliphatic carbocycles. The van der Waals surface area contributed by atoms with Crippen molar-refractivity contribution in [3.05, 3.63) is 101 Å². The van der Waals surface area contributed by atoms with E-state index in [2.05, 4.69) is 15.4 Å². The minimum absolute atomic E-state index is 0.167. The molecular weight excluding hydrogens is 451 g/mol. The summed E-state index contributed by atoms with van der Waals surface area (Å²) in [7, 11) is 0. The molecule has 0 radical (unpaired) electrons. The number of nitrogens with one attached hydrogen (secondary N) is 1. The van der Waals surface area contributed by atoms with Crippen LogP contribution in [0, 0.1) is 12.7 Å². The maximum Gasteiger partial charge on any atom is 0.341 e. The maximum absolute atomic E-state index is 13.5. The monoisotopic (exact) mass is 474 g/mol.